The van der Waals surface area contributed by atoms with E-state index < -0.39 is 11.4 Å². The second-order valence-corrected chi connectivity index (χ2v) is 6.82. The Bertz CT molecular complexity index is 774. The van der Waals surface area contributed by atoms with Crippen LogP contribution in [0.5, 0.6) is 5.75 Å². The Morgan fingerprint density at radius 3 is 2.56 bits per heavy atom. The van der Waals surface area contributed by atoms with E-state index in [4.69, 9.17) is 10.5 Å². The van der Waals surface area contributed by atoms with Crippen LogP contribution in [0.3, 0.4) is 0 Å². The summed E-state index contributed by atoms with van der Waals surface area (Å²) in [4.78, 5) is 14.6. The van der Waals surface area contributed by atoms with Crippen molar-refractivity contribution in [3.8, 4) is 5.75 Å². The molecule has 1 aliphatic rings. The molecule has 1 saturated heterocycles. The number of hydrogen-bond donors (Lipinski definition) is 2. The largest absolute Gasteiger partial charge is 0.493 e. The van der Waals surface area contributed by atoms with Crippen LogP contribution >= 0.6 is 0 Å². The van der Waals surface area contributed by atoms with Crippen LogP contribution < -0.4 is 10.5 Å². The summed E-state index contributed by atoms with van der Waals surface area (Å²) in [7, 11) is 0. The number of amides is 1. The summed E-state index contributed by atoms with van der Waals surface area (Å²) >= 11 is 0. The molecule has 1 fully saturated rings. The topological polar surface area (TPSA) is 75.8 Å². The van der Waals surface area contributed by atoms with E-state index in [1.807, 2.05) is 30.3 Å². The minimum atomic E-state index is -0.944. The molecule has 0 saturated carbocycles. The highest BCUT2D eigenvalue weighted by Crippen LogP contribution is 2.33. The van der Waals surface area contributed by atoms with Gasteiger partial charge in [0.2, 0.25) is 0 Å². The van der Waals surface area contributed by atoms with Crippen molar-refractivity contribution in [1.82, 2.24) is 4.90 Å². The van der Waals surface area contributed by atoms with E-state index in [1.54, 1.807) is 4.90 Å². The molecule has 5 nitrogen and oxygen atoms in total. The summed E-state index contributed by atoms with van der Waals surface area (Å²) < 4.78 is 19.3. The van der Waals surface area contributed by atoms with Crippen molar-refractivity contribution in [2.24, 2.45) is 5.73 Å². The van der Waals surface area contributed by atoms with Crippen LogP contribution in [0.15, 0.2) is 48.5 Å². The van der Waals surface area contributed by atoms with E-state index in [0.29, 0.717) is 51.3 Å². The number of rotatable bonds is 6. The molecule has 6 heteroatoms. The SMILES string of the molecule is NCCCOc1ccc(F)cc1C(=O)N1CCC(O)(c2ccccc2)CC1. The van der Waals surface area contributed by atoms with Gasteiger partial charge in [-0.25, -0.2) is 4.39 Å². The van der Waals surface area contributed by atoms with E-state index in [0.717, 1.165) is 5.56 Å². The second-order valence-electron chi connectivity index (χ2n) is 6.82. The third kappa shape index (κ3) is 4.46. The number of ether oxygens (including phenoxy) is 1. The van der Waals surface area contributed by atoms with Crippen LogP contribution in [0.25, 0.3) is 0 Å². The molecule has 1 amide bonds. The molecule has 3 rings (SSSR count). The van der Waals surface area contributed by atoms with Crippen LogP contribution in [0.4, 0.5) is 4.39 Å². The van der Waals surface area contributed by atoms with Gasteiger partial charge in [0.05, 0.1) is 17.8 Å². The fraction of sp³-hybridized carbons (Fsp3) is 0.381. The lowest BCUT2D eigenvalue weighted by Gasteiger charge is -2.38. The van der Waals surface area contributed by atoms with E-state index >= 15 is 0 Å². The molecule has 2 aromatic rings. The van der Waals surface area contributed by atoms with Crippen LogP contribution in [0.2, 0.25) is 0 Å². The minimum absolute atomic E-state index is 0.206. The maximum absolute atomic E-state index is 13.7. The van der Waals surface area contributed by atoms with Crippen LogP contribution in [0, 0.1) is 5.82 Å². The Morgan fingerprint density at radius 2 is 1.89 bits per heavy atom. The van der Waals surface area contributed by atoms with Gasteiger partial charge in [0, 0.05) is 13.1 Å². The van der Waals surface area contributed by atoms with Crippen molar-refractivity contribution in [2.45, 2.75) is 24.9 Å². The zero-order chi connectivity index (χ0) is 19.3. The van der Waals surface area contributed by atoms with Crippen LogP contribution in [-0.4, -0.2) is 42.2 Å². The fourth-order valence-electron chi connectivity index (χ4n) is 3.35. The minimum Gasteiger partial charge on any atom is -0.493 e. The summed E-state index contributed by atoms with van der Waals surface area (Å²) in [6.07, 6.45) is 1.52. The summed E-state index contributed by atoms with van der Waals surface area (Å²) in [5, 5.41) is 10.9. The van der Waals surface area contributed by atoms with Gasteiger partial charge >= 0.3 is 0 Å². The first-order valence-corrected chi connectivity index (χ1v) is 9.23. The Labute approximate surface area is 158 Å². The molecule has 0 spiro atoms. The first-order valence-electron chi connectivity index (χ1n) is 9.23. The van der Waals surface area contributed by atoms with Crippen molar-refractivity contribution in [2.75, 3.05) is 26.2 Å². The molecule has 0 unspecified atom stereocenters. The van der Waals surface area contributed by atoms with Gasteiger partial charge in [-0.2, -0.15) is 0 Å². The number of hydrogen-bond acceptors (Lipinski definition) is 4. The lowest BCUT2D eigenvalue weighted by atomic mass is 9.84. The number of nitrogens with two attached hydrogens (primary N) is 1. The molecule has 2 aromatic carbocycles. The average Bonchev–Trinajstić information content (AvgIpc) is 2.70. The normalized spacial score (nSPS) is 16.2. The molecule has 3 N–H and O–H groups in total. The van der Waals surface area contributed by atoms with E-state index in [1.165, 1.54) is 18.2 Å². The molecule has 144 valence electrons. The number of benzene rings is 2. The molecule has 1 aliphatic heterocycles. The lowest BCUT2D eigenvalue weighted by Crippen LogP contribution is -2.45. The van der Waals surface area contributed by atoms with Gasteiger partial charge in [0.25, 0.3) is 5.91 Å². The van der Waals surface area contributed by atoms with Crippen molar-refractivity contribution >= 4 is 5.91 Å². The van der Waals surface area contributed by atoms with Gasteiger partial charge in [-0.1, -0.05) is 30.3 Å². The maximum atomic E-state index is 13.7. The predicted molar refractivity (Wildman–Crippen MR) is 101 cm³/mol. The highest BCUT2D eigenvalue weighted by atomic mass is 19.1. The molecular formula is C21H25FN2O3. The van der Waals surface area contributed by atoms with Gasteiger partial charge in [-0.05, 0) is 49.6 Å². The van der Waals surface area contributed by atoms with Crippen molar-refractivity contribution in [1.29, 1.82) is 0 Å². The number of nitrogens with zero attached hydrogens (tertiary/aromatic N) is 1. The zero-order valence-electron chi connectivity index (χ0n) is 15.2. The standard InChI is InChI=1S/C21H25FN2O3/c22-17-7-8-19(27-14-4-11-23)18(15-17)20(25)24-12-9-21(26,10-13-24)16-5-2-1-3-6-16/h1-3,5-8,15,26H,4,9-14,23H2. The van der Waals surface area contributed by atoms with Crippen molar-refractivity contribution in [3.05, 3.63) is 65.5 Å². The third-order valence-corrected chi connectivity index (χ3v) is 4.97. The number of aliphatic hydroxyl groups is 1. The monoisotopic (exact) mass is 372 g/mol. The summed E-state index contributed by atoms with van der Waals surface area (Å²) in [5.74, 6) is -0.409. The first-order chi connectivity index (χ1) is 13.0. The summed E-state index contributed by atoms with van der Waals surface area (Å²) in [6.45, 7) is 1.64. The van der Waals surface area contributed by atoms with Crippen LogP contribution in [0.1, 0.15) is 35.2 Å². The average molecular weight is 372 g/mol. The Balaban J connectivity index is 1.71. The molecule has 27 heavy (non-hydrogen) atoms. The third-order valence-electron chi connectivity index (χ3n) is 4.97. The van der Waals surface area contributed by atoms with Gasteiger partial charge in [0.1, 0.15) is 11.6 Å². The smallest absolute Gasteiger partial charge is 0.257 e. The van der Waals surface area contributed by atoms with Gasteiger partial charge in [-0.15, -0.1) is 0 Å². The number of piperidine rings is 1. The maximum Gasteiger partial charge on any atom is 0.257 e. The molecule has 0 bridgehead atoms. The zero-order valence-corrected chi connectivity index (χ0v) is 15.2. The van der Waals surface area contributed by atoms with Gasteiger partial charge in [0.15, 0.2) is 0 Å². The molecule has 0 aliphatic carbocycles. The van der Waals surface area contributed by atoms with E-state index in [-0.39, 0.29) is 11.5 Å². The predicted octanol–water partition coefficient (Wildman–Crippen LogP) is 2.68. The lowest BCUT2D eigenvalue weighted by molar-refractivity contribution is -0.0212. The van der Waals surface area contributed by atoms with Gasteiger partial charge in [-0.3, -0.25) is 4.79 Å². The van der Waals surface area contributed by atoms with Crippen LogP contribution in [-0.2, 0) is 5.60 Å². The molecule has 0 aromatic heterocycles. The summed E-state index contributed by atoms with van der Waals surface area (Å²) in [5.41, 5.74) is 5.58. The molecule has 0 atom stereocenters. The molecular weight excluding hydrogens is 347 g/mol. The Kier molecular flexibility index (Phi) is 6.08. The molecule has 1 heterocycles. The molecule has 0 radical (unpaired) electrons. The number of carbonyl (C=O) groups excluding carboxylic acids is 1. The quantitative estimate of drug-likeness (QED) is 0.765. The highest BCUT2D eigenvalue weighted by molar-refractivity contribution is 5.97. The van der Waals surface area contributed by atoms with E-state index in [2.05, 4.69) is 0 Å². The fourth-order valence-corrected chi connectivity index (χ4v) is 3.35. The van der Waals surface area contributed by atoms with Gasteiger partial charge < -0.3 is 20.5 Å². The Hall–Kier alpha value is -2.44. The van der Waals surface area contributed by atoms with Crippen molar-refractivity contribution < 1.29 is 19.0 Å². The van der Waals surface area contributed by atoms with E-state index in [9.17, 15) is 14.3 Å². The highest BCUT2D eigenvalue weighted by Gasteiger charge is 2.36. The summed E-state index contributed by atoms with van der Waals surface area (Å²) in [6, 6.07) is 13.4. The Morgan fingerprint density at radius 1 is 1.19 bits per heavy atom. The number of likely N-dealkylation sites (tertiary alicyclic amines) is 1. The number of carbonyl (C=O) groups is 1. The van der Waals surface area contributed by atoms with Crippen molar-refractivity contribution in [3.63, 3.8) is 0 Å². The second kappa shape index (κ2) is 8.50. The number of halogens is 1. The first kappa shape index (κ1) is 19.3.